The van der Waals surface area contributed by atoms with Crippen LogP contribution in [0.3, 0.4) is 0 Å². The van der Waals surface area contributed by atoms with E-state index in [1.165, 1.54) is 0 Å². The number of hydrogen-bond donors (Lipinski definition) is 2. The normalized spacial score (nSPS) is 24.2. The van der Waals surface area contributed by atoms with Crippen LogP contribution in [0.1, 0.15) is 0 Å². The van der Waals surface area contributed by atoms with E-state index in [9.17, 15) is 9.90 Å². The quantitative estimate of drug-likeness (QED) is 0.549. The van der Waals surface area contributed by atoms with E-state index in [4.69, 9.17) is 4.74 Å². The molecular formula is C8H16N2O3. The smallest absolute Gasteiger partial charge is 0.236 e. The van der Waals surface area contributed by atoms with Gasteiger partial charge in [0.2, 0.25) is 5.91 Å². The molecule has 1 saturated heterocycles. The predicted molar refractivity (Wildman–Crippen MR) is 47.3 cm³/mol. The molecule has 1 fully saturated rings. The Kier molecular flexibility index (Phi) is 4.14. The van der Waals surface area contributed by atoms with Crippen molar-refractivity contribution in [2.45, 2.75) is 6.10 Å². The third kappa shape index (κ3) is 3.30. The highest BCUT2D eigenvalue weighted by atomic mass is 16.5. The molecule has 1 atom stereocenters. The molecule has 0 bridgehead atoms. The summed E-state index contributed by atoms with van der Waals surface area (Å²) < 4.78 is 5.10. The molecule has 1 aliphatic rings. The van der Waals surface area contributed by atoms with Crippen LogP contribution in [-0.2, 0) is 9.53 Å². The van der Waals surface area contributed by atoms with Crippen molar-refractivity contribution in [1.82, 2.24) is 10.2 Å². The first-order chi connectivity index (χ1) is 6.24. The summed E-state index contributed by atoms with van der Waals surface area (Å²) in [6.45, 7) is 2.08. The molecule has 0 spiro atoms. The van der Waals surface area contributed by atoms with Crippen molar-refractivity contribution in [3.63, 3.8) is 0 Å². The fourth-order valence-corrected chi connectivity index (χ4v) is 1.28. The van der Waals surface area contributed by atoms with Gasteiger partial charge in [-0.3, -0.25) is 4.79 Å². The second-order valence-electron chi connectivity index (χ2n) is 3.10. The SMILES string of the molecule is CNCC(=O)N1CCOCC(O)C1. The van der Waals surface area contributed by atoms with Crippen LogP contribution < -0.4 is 5.32 Å². The van der Waals surface area contributed by atoms with Crippen LogP contribution in [0.4, 0.5) is 0 Å². The van der Waals surface area contributed by atoms with E-state index in [1.54, 1.807) is 11.9 Å². The molecule has 0 aliphatic carbocycles. The van der Waals surface area contributed by atoms with Crippen molar-refractivity contribution < 1.29 is 14.6 Å². The molecular weight excluding hydrogens is 172 g/mol. The second-order valence-corrected chi connectivity index (χ2v) is 3.10. The third-order valence-corrected chi connectivity index (χ3v) is 1.93. The van der Waals surface area contributed by atoms with Crippen molar-refractivity contribution in [1.29, 1.82) is 0 Å². The number of carbonyl (C=O) groups is 1. The molecule has 1 aliphatic heterocycles. The minimum atomic E-state index is -0.552. The number of ether oxygens (including phenoxy) is 1. The van der Waals surface area contributed by atoms with Crippen molar-refractivity contribution in [2.75, 3.05) is 39.9 Å². The lowest BCUT2D eigenvalue weighted by atomic mass is 10.3. The molecule has 5 nitrogen and oxygen atoms in total. The molecule has 13 heavy (non-hydrogen) atoms. The van der Waals surface area contributed by atoms with Crippen molar-refractivity contribution in [3.8, 4) is 0 Å². The zero-order valence-electron chi connectivity index (χ0n) is 7.82. The number of carbonyl (C=O) groups excluding carboxylic acids is 1. The summed E-state index contributed by atoms with van der Waals surface area (Å²) in [5.41, 5.74) is 0. The van der Waals surface area contributed by atoms with Gasteiger partial charge in [-0.25, -0.2) is 0 Å². The number of likely N-dealkylation sites (N-methyl/N-ethyl adjacent to an activating group) is 1. The van der Waals surface area contributed by atoms with Crippen LogP contribution >= 0.6 is 0 Å². The summed E-state index contributed by atoms with van der Waals surface area (Å²) in [4.78, 5) is 13.0. The Morgan fingerprint density at radius 3 is 3.23 bits per heavy atom. The van der Waals surface area contributed by atoms with E-state index in [1.807, 2.05) is 0 Å². The molecule has 1 amide bonds. The van der Waals surface area contributed by atoms with Gasteiger partial charge in [-0.15, -0.1) is 0 Å². The van der Waals surface area contributed by atoms with Gasteiger partial charge >= 0.3 is 0 Å². The zero-order valence-corrected chi connectivity index (χ0v) is 7.82. The predicted octanol–water partition coefficient (Wildman–Crippen LogP) is -1.57. The Balaban J connectivity index is 2.42. The van der Waals surface area contributed by atoms with Gasteiger partial charge in [0.15, 0.2) is 0 Å². The maximum absolute atomic E-state index is 11.4. The molecule has 0 aromatic carbocycles. The third-order valence-electron chi connectivity index (χ3n) is 1.93. The van der Waals surface area contributed by atoms with Gasteiger partial charge in [0.25, 0.3) is 0 Å². The monoisotopic (exact) mass is 188 g/mol. The first-order valence-electron chi connectivity index (χ1n) is 4.42. The van der Waals surface area contributed by atoms with Gasteiger partial charge < -0.3 is 20.1 Å². The van der Waals surface area contributed by atoms with Gasteiger partial charge in [0, 0.05) is 13.1 Å². The van der Waals surface area contributed by atoms with Crippen LogP contribution in [-0.4, -0.2) is 61.9 Å². The summed E-state index contributed by atoms with van der Waals surface area (Å²) in [7, 11) is 1.72. The van der Waals surface area contributed by atoms with Crippen LogP contribution in [0.5, 0.6) is 0 Å². The Bertz CT molecular complexity index is 175. The average Bonchev–Trinajstić information content (AvgIpc) is 2.30. The number of nitrogens with one attached hydrogen (secondary N) is 1. The molecule has 0 aromatic rings. The molecule has 1 rings (SSSR count). The lowest BCUT2D eigenvalue weighted by Gasteiger charge is -2.20. The number of β-amino-alcohol motifs (C(OH)–C–C–N with tert-alkyl or cyclic N) is 1. The fraction of sp³-hybridized carbons (Fsp3) is 0.875. The molecule has 1 heterocycles. The molecule has 76 valence electrons. The van der Waals surface area contributed by atoms with Gasteiger partial charge in [-0.1, -0.05) is 0 Å². The van der Waals surface area contributed by atoms with Crippen LogP contribution in [0.25, 0.3) is 0 Å². The standard InChI is InChI=1S/C8H16N2O3/c1-9-4-8(12)10-2-3-13-6-7(11)5-10/h7,9,11H,2-6H2,1H3. The van der Waals surface area contributed by atoms with E-state index < -0.39 is 6.10 Å². The van der Waals surface area contributed by atoms with E-state index >= 15 is 0 Å². The highest BCUT2D eigenvalue weighted by Gasteiger charge is 2.19. The minimum Gasteiger partial charge on any atom is -0.389 e. The van der Waals surface area contributed by atoms with Gasteiger partial charge in [-0.05, 0) is 7.05 Å². The largest absolute Gasteiger partial charge is 0.389 e. The summed E-state index contributed by atoms with van der Waals surface area (Å²) >= 11 is 0. The van der Waals surface area contributed by atoms with Gasteiger partial charge in [-0.2, -0.15) is 0 Å². The van der Waals surface area contributed by atoms with Crippen molar-refractivity contribution in [2.24, 2.45) is 0 Å². The summed E-state index contributed by atoms with van der Waals surface area (Å²) in [5.74, 6) is 0.00653. The maximum Gasteiger partial charge on any atom is 0.236 e. The highest BCUT2D eigenvalue weighted by molar-refractivity contribution is 5.78. The molecule has 1 unspecified atom stereocenters. The van der Waals surface area contributed by atoms with Crippen molar-refractivity contribution in [3.05, 3.63) is 0 Å². The average molecular weight is 188 g/mol. The fourth-order valence-electron chi connectivity index (χ4n) is 1.28. The van der Waals surface area contributed by atoms with Crippen LogP contribution in [0, 0.1) is 0 Å². The van der Waals surface area contributed by atoms with Gasteiger partial charge in [0.1, 0.15) is 0 Å². The minimum absolute atomic E-state index is 0.00653. The number of hydrogen-bond acceptors (Lipinski definition) is 4. The molecule has 0 saturated carbocycles. The number of nitrogens with zero attached hydrogens (tertiary/aromatic N) is 1. The maximum atomic E-state index is 11.4. The lowest BCUT2D eigenvalue weighted by Crippen LogP contribution is -2.41. The van der Waals surface area contributed by atoms with E-state index in [0.717, 1.165) is 0 Å². The Morgan fingerprint density at radius 2 is 2.54 bits per heavy atom. The summed E-state index contributed by atoms with van der Waals surface area (Å²) in [5, 5.41) is 12.1. The summed E-state index contributed by atoms with van der Waals surface area (Å²) in [6, 6.07) is 0. The molecule has 0 aromatic heterocycles. The highest BCUT2D eigenvalue weighted by Crippen LogP contribution is 1.99. The first kappa shape index (κ1) is 10.4. The summed E-state index contributed by atoms with van der Waals surface area (Å²) in [6.07, 6.45) is -0.552. The molecule has 5 heteroatoms. The first-order valence-corrected chi connectivity index (χ1v) is 4.42. The number of amides is 1. The van der Waals surface area contributed by atoms with Crippen LogP contribution in [0.2, 0.25) is 0 Å². The van der Waals surface area contributed by atoms with Gasteiger partial charge in [0.05, 0.1) is 25.9 Å². The van der Waals surface area contributed by atoms with E-state index in [0.29, 0.717) is 32.8 Å². The molecule has 2 N–H and O–H groups in total. The molecule has 0 radical (unpaired) electrons. The number of rotatable bonds is 2. The van der Waals surface area contributed by atoms with E-state index in [-0.39, 0.29) is 5.91 Å². The van der Waals surface area contributed by atoms with Crippen LogP contribution in [0.15, 0.2) is 0 Å². The Morgan fingerprint density at radius 1 is 1.77 bits per heavy atom. The van der Waals surface area contributed by atoms with Crippen molar-refractivity contribution >= 4 is 5.91 Å². The number of aliphatic hydroxyl groups excluding tert-OH is 1. The second kappa shape index (κ2) is 5.16. The van der Waals surface area contributed by atoms with E-state index in [2.05, 4.69) is 5.32 Å². The Hall–Kier alpha value is -0.650. The number of aliphatic hydroxyl groups is 1. The topological polar surface area (TPSA) is 61.8 Å². The lowest BCUT2D eigenvalue weighted by molar-refractivity contribution is -0.131. The Labute approximate surface area is 77.7 Å². The zero-order chi connectivity index (χ0) is 9.68.